The molecule has 2 heterocycles. The lowest BCUT2D eigenvalue weighted by atomic mass is 9.96. The van der Waals surface area contributed by atoms with Crippen LogP contribution in [0.2, 0.25) is 0 Å². The van der Waals surface area contributed by atoms with Crippen LogP contribution >= 0.6 is 0 Å². The molecule has 0 bridgehead atoms. The van der Waals surface area contributed by atoms with E-state index in [4.69, 9.17) is 5.11 Å². The molecule has 2 N–H and O–H groups in total. The van der Waals surface area contributed by atoms with Crippen molar-refractivity contribution in [3.63, 3.8) is 0 Å². The summed E-state index contributed by atoms with van der Waals surface area (Å²) in [6.45, 7) is 4.41. The maximum Gasteiger partial charge on any atom is 0.407 e. The Bertz CT molecular complexity index is 246. The van der Waals surface area contributed by atoms with Gasteiger partial charge in [-0.25, -0.2) is 4.79 Å². The van der Waals surface area contributed by atoms with Crippen molar-refractivity contribution in [2.75, 3.05) is 32.7 Å². The number of amides is 1. The van der Waals surface area contributed by atoms with Gasteiger partial charge in [0.1, 0.15) is 0 Å². The van der Waals surface area contributed by atoms with Gasteiger partial charge in [-0.2, -0.15) is 0 Å². The SMILES string of the molecule is O=C(O)N1CC(CCN2CCC(O)CC2)C1. The second-order valence-electron chi connectivity index (χ2n) is 4.92. The fourth-order valence-corrected chi connectivity index (χ4v) is 2.42. The average molecular weight is 228 g/mol. The molecule has 16 heavy (non-hydrogen) atoms. The van der Waals surface area contributed by atoms with Gasteiger partial charge in [0, 0.05) is 26.2 Å². The van der Waals surface area contributed by atoms with Gasteiger partial charge >= 0.3 is 6.09 Å². The highest BCUT2D eigenvalue weighted by Crippen LogP contribution is 2.20. The van der Waals surface area contributed by atoms with Crippen LogP contribution in [0, 0.1) is 5.92 Å². The first-order valence-electron chi connectivity index (χ1n) is 6.03. The van der Waals surface area contributed by atoms with Gasteiger partial charge in [0.25, 0.3) is 0 Å². The molecule has 2 aliphatic rings. The average Bonchev–Trinajstić information content (AvgIpc) is 2.18. The molecular weight excluding hydrogens is 208 g/mol. The van der Waals surface area contributed by atoms with E-state index >= 15 is 0 Å². The topological polar surface area (TPSA) is 64.0 Å². The number of carbonyl (C=O) groups is 1. The predicted molar refractivity (Wildman–Crippen MR) is 59.4 cm³/mol. The minimum atomic E-state index is -0.794. The molecule has 2 rings (SSSR count). The summed E-state index contributed by atoms with van der Waals surface area (Å²) < 4.78 is 0. The lowest BCUT2D eigenvalue weighted by Crippen LogP contribution is -2.50. The number of aliphatic hydroxyl groups excluding tert-OH is 1. The number of rotatable bonds is 3. The fraction of sp³-hybridized carbons (Fsp3) is 0.909. The molecule has 0 unspecified atom stereocenters. The molecule has 2 aliphatic heterocycles. The number of aliphatic hydroxyl groups is 1. The maximum absolute atomic E-state index is 10.6. The molecule has 0 aromatic carbocycles. The fourth-order valence-electron chi connectivity index (χ4n) is 2.42. The van der Waals surface area contributed by atoms with Crippen LogP contribution < -0.4 is 0 Å². The van der Waals surface area contributed by atoms with Crippen molar-refractivity contribution in [2.24, 2.45) is 5.92 Å². The monoisotopic (exact) mass is 228 g/mol. The highest BCUT2D eigenvalue weighted by Gasteiger charge is 2.30. The summed E-state index contributed by atoms with van der Waals surface area (Å²) in [6, 6.07) is 0. The molecule has 0 radical (unpaired) electrons. The van der Waals surface area contributed by atoms with E-state index in [1.807, 2.05) is 0 Å². The van der Waals surface area contributed by atoms with Gasteiger partial charge in [-0.1, -0.05) is 0 Å². The number of nitrogens with zero attached hydrogens (tertiary/aromatic N) is 2. The van der Waals surface area contributed by atoms with E-state index in [0.717, 1.165) is 38.9 Å². The molecule has 2 fully saturated rings. The summed E-state index contributed by atoms with van der Waals surface area (Å²) in [5.41, 5.74) is 0. The van der Waals surface area contributed by atoms with Crippen LogP contribution in [-0.4, -0.2) is 64.9 Å². The standard InChI is InChI=1S/C11H20N2O3/c14-10-2-5-12(6-3-10)4-1-9-7-13(8-9)11(15)16/h9-10,14H,1-8H2,(H,15,16). The molecule has 0 spiro atoms. The zero-order chi connectivity index (χ0) is 11.5. The Morgan fingerprint density at radius 3 is 2.44 bits per heavy atom. The lowest BCUT2D eigenvalue weighted by Gasteiger charge is -2.38. The third-order valence-corrected chi connectivity index (χ3v) is 3.64. The summed E-state index contributed by atoms with van der Waals surface area (Å²) in [6.07, 6.45) is 1.94. The van der Waals surface area contributed by atoms with E-state index in [1.54, 1.807) is 0 Å². The third kappa shape index (κ3) is 2.86. The molecule has 5 nitrogen and oxygen atoms in total. The zero-order valence-electron chi connectivity index (χ0n) is 9.51. The second kappa shape index (κ2) is 5.01. The Balaban J connectivity index is 1.57. The Labute approximate surface area is 95.6 Å². The first-order chi connectivity index (χ1) is 7.65. The van der Waals surface area contributed by atoms with Crippen molar-refractivity contribution < 1.29 is 15.0 Å². The van der Waals surface area contributed by atoms with Gasteiger partial charge in [0.15, 0.2) is 0 Å². The number of hydrogen-bond donors (Lipinski definition) is 2. The maximum atomic E-state index is 10.6. The molecule has 0 aromatic rings. The Morgan fingerprint density at radius 1 is 1.25 bits per heavy atom. The van der Waals surface area contributed by atoms with Crippen LogP contribution in [0.5, 0.6) is 0 Å². The van der Waals surface area contributed by atoms with E-state index in [0.29, 0.717) is 19.0 Å². The van der Waals surface area contributed by atoms with E-state index in [9.17, 15) is 9.90 Å². The normalized spacial score (nSPS) is 24.4. The van der Waals surface area contributed by atoms with Gasteiger partial charge < -0.3 is 20.0 Å². The molecule has 0 atom stereocenters. The minimum absolute atomic E-state index is 0.109. The van der Waals surface area contributed by atoms with Gasteiger partial charge in [-0.15, -0.1) is 0 Å². The number of piperidine rings is 1. The largest absolute Gasteiger partial charge is 0.465 e. The van der Waals surface area contributed by atoms with Crippen molar-refractivity contribution in [3.8, 4) is 0 Å². The molecule has 2 saturated heterocycles. The molecule has 0 saturated carbocycles. The minimum Gasteiger partial charge on any atom is -0.465 e. The van der Waals surface area contributed by atoms with E-state index in [-0.39, 0.29) is 6.10 Å². The van der Waals surface area contributed by atoms with Gasteiger partial charge in [-0.05, 0) is 31.7 Å². The summed E-state index contributed by atoms with van der Waals surface area (Å²) in [7, 11) is 0. The van der Waals surface area contributed by atoms with Crippen LogP contribution in [0.25, 0.3) is 0 Å². The van der Waals surface area contributed by atoms with Crippen LogP contribution in [-0.2, 0) is 0 Å². The highest BCUT2D eigenvalue weighted by atomic mass is 16.4. The van der Waals surface area contributed by atoms with Crippen LogP contribution in [0.3, 0.4) is 0 Å². The van der Waals surface area contributed by atoms with Gasteiger partial charge in [0.2, 0.25) is 0 Å². The Kier molecular flexibility index (Phi) is 3.66. The predicted octanol–water partition coefficient (Wildman–Crippen LogP) is 0.443. The molecule has 0 aromatic heterocycles. The van der Waals surface area contributed by atoms with Crippen molar-refractivity contribution in [2.45, 2.75) is 25.4 Å². The lowest BCUT2D eigenvalue weighted by molar-refractivity contribution is 0.0569. The van der Waals surface area contributed by atoms with E-state index in [2.05, 4.69) is 4.90 Å². The quantitative estimate of drug-likeness (QED) is 0.736. The van der Waals surface area contributed by atoms with Crippen LogP contribution in [0.1, 0.15) is 19.3 Å². The molecular formula is C11H20N2O3. The summed E-state index contributed by atoms with van der Waals surface area (Å²) >= 11 is 0. The smallest absolute Gasteiger partial charge is 0.407 e. The number of carboxylic acid groups (broad SMARTS) is 1. The van der Waals surface area contributed by atoms with Gasteiger partial charge in [-0.3, -0.25) is 0 Å². The first-order valence-corrected chi connectivity index (χ1v) is 6.03. The van der Waals surface area contributed by atoms with E-state index < -0.39 is 6.09 Å². The molecule has 0 aliphatic carbocycles. The van der Waals surface area contributed by atoms with Crippen LogP contribution in [0.4, 0.5) is 4.79 Å². The van der Waals surface area contributed by atoms with Crippen LogP contribution in [0.15, 0.2) is 0 Å². The Morgan fingerprint density at radius 2 is 1.88 bits per heavy atom. The Hall–Kier alpha value is -0.810. The summed E-state index contributed by atoms with van der Waals surface area (Å²) in [4.78, 5) is 14.4. The molecule has 92 valence electrons. The van der Waals surface area contributed by atoms with Crippen molar-refractivity contribution >= 4 is 6.09 Å². The van der Waals surface area contributed by atoms with Crippen molar-refractivity contribution in [3.05, 3.63) is 0 Å². The molecule has 1 amide bonds. The van der Waals surface area contributed by atoms with Crippen molar-refractivity contribution in [1.29, 1.82) is 0 Å². The summed E-state index contributed by atoms with van der Waals surface area (Å²) in [5.74, 6) is 0.544. The first kappa shape index (κ1) is 11.7. The second-order valence-corrected chi connectivity index (χ2v) is 4.92. The van der Waals surface area contributed by atoms with Gasteiger partial charge in [0.05, 0.1) is 6.10 Å². The number of hydrogen-bond acceptors (Lipinski definition) is 3. The highest BCUT2D eigenvalue weighted by molar-refractivity contribution is 5.65. The summed E-state index contributed by atoms with van der Waals surface area (Å²) in [5, 5.41) is 18.0. The molecule has 5 heteroatoms. The van der Waals surface area contributed by atoms with E-state index in [1.165, 1.54) is 4.90 Å². The zero-order valence-corrected chi connectivity index (χ0v) is 9.51. The number of likely N-dealkylation sites (tertiary alicyclic amines) is 2. The van der Waals surface area contributed by atoms with Crippen molar-refractivity contribution in [1.82, 2.24) is 9.80 Å². The third-order valence-electron chi connectivity index (χ3n) is 3.64.